The summed E-state index contributed by atoms with van der Waals surface area (Å²) in [6, 6.07) is 7.76. The third-order valence-electron chi connectivity index (χ3n) is 3.91. The average molecular weight is 375 g/mol. The van der Waals surface area contributed by atoms with Crippen LogP contribution in [0.2, 0.25) is 0 Å². The monoisotopic (exact) mass is 374 g/mol. The molecule has 1 aromatic heterocycles. The van der Waals surface area contributed by atoms with Crippen molar-refractivity contribution in [3.8, 4) is 0 Å². The summed E-state index contributed by atoms with van der Waals surface area (Å²) in [6.07, 6.45) is 7.76. The summed E-state index contributed by atoms with van der Waals surface area (Å²) in [7, 11) is 0. The van der Waals surface area contributed by atoms with E-state index in [4.69, 9.17) is 0 Å². The van der Waals surface area contributed by atoms with Gasteiger partial charge in [0.15, 0.2) is 0 Å². The van der Waals surface area contributed by atoms with Crippen molar-refractivity contribution < 1.29 is 4.79 Å². The number of hydrogen-bond donors (Lipinski definition) is 1. The molecular weight excluding hydrogens is 356 g/mol. The van der Waals surface area contributed by atoms with Gasteiger partial charge in [0.2, 0.25) is 5.95 Å². The first-order chi connectivity index (χ1) is 11.2. The third kappa shape index (κ3) is 4.07. The summed E-state index contributed by atoms with van der Waals surface area (Å²) in [4.78, 5) is 22.9. The highest BCUT2D eigenvalue weighted by Crippen LogP contribution is 2.23. The number of carbonyl (C=O) groups excluding carboxylic acids is 1. The molecule has 1 saturated heterocycles. The van der Waals surface area contributed by atoms with E-state index in [-0.39, 0.29) is 5.91 Å². The number of nitrogens with zero attached hydrogens (tertiary/aromatic N) is 3. The largest absolute Gasteiger partial charge is 0.339 e. The minimum absolute atomic E-state index is 0.0272. The molecule has 0 saturated carbocycles. The number of amides is 1. The first kappa shape index (κ1) is 15.9. The Hall–Kier alpha value is -1.95. The Morgan fingerprint density at radius 3 is 2.35 bits per heavy atom. The fourth-order valence-corrected chi connectivity index (χ4v) is 3.03. The lowest BCUT2D eigenvalue weighted by molar-refractivity contribution is 0.0761. The van der Waals surface area contributed by atoms with E-state index >= 15 is 0 Å². The molecule has 5 nitrogen and oxygen atoms in total. The molecule has 1 aromatic carbocycles. The van der Waals surface area contributed by atoms with Gasteiger partial charge in [0.25, 0.3) is 5.91 Å². The highest BCUT2D eigenvalue weighted by molar-refractivity contribution is 9.10. The van der Waals surface area contributed by atoms with Gasteiger partial charge in [-0.3, -0.25) is 4.79 Å². The van der Waals surface area contributed by atoms with Gasteiger partial charge in [0, 0.05) is 30.0 Å². The minimum atomic E-state index is 0.0272. The Morgan fingerprint density at radius 2 is 1.70 bits per heavy atom. The number of anilines is 2. The molecule has 1 fully saturated rings. The summed E-state index contributed by atoms with van der Waals surface area (Å²) in [5.74, 6) is 0.503. The quantitative estimate of drug-likeness (QED) is 0.881. The van der Waals surface area contributed by atoms with E-state index in [1.165, 1.54) is 12.8 Å². The van der Waals surface area contributed by atoms with Crippen molar-refractivity contribution in [2.45, 2.75) is 25.7 Å². The fourth-order valence-electron chi connectivity index (χ4n) is 2.64. The predicted molar refractivity (Wildman–Crippen MR) is 93.8 cm³/mol. The second-order valence-electron chi connectivity index (χ2n) is 5.61. The van der Waals surface area contributed by atoms with Crippen molar-refractivity contribution in [3.63, 3.8) is 0 Å². The number of likely N-dealkylation sites (tertiary alicyclic amines) is 1. The van der Waals surface area contributed by atoms with Crippen molar-refractivity contribution in [1.82, 2.24) is 14.9 Å². The number of benzene rings is 1. The average Bonchev–Trinajstić information content (AvgIpc) is 2.86. The van der Waals surface area contributed by atoms with Gasteiger partial charge in [-0.15, -0.1) is 0 Å². The van der Waals surface area contributed by atoms with Gasteiger partial charge in [-0.05, 0) is 40.9 Å². The summed E-state index contributed by atoms with van der Waals surface area (Å²) in [5, 5.41) is 3.13. The molecule has 120 valence electrons. The lowest BCUT2D eigenvalue weighted by Crippen LogP contribution is -2.32. The van der Waals surface area contributed by atoms with Crippen LogP contribution in [0.5, 0.6) is 0 Å². The molecule has 6 heteroatoms. The molecule has 0 spiro atoms. The molecule has 2 aromatic rings. The minimum Gasteiger partial charge on any atom is -0.339 e. The predicted octanol–water partition coefficient (Wildman–Crippen LogP) is 4.00. The first-order valence-electron chi connectivity index (χ1n) is 7.87. The standard InChI is InChI=1S/C17H19BrN4O/c18-14-7-3-4-8-15(14)21-17-19-11-13(12-20-17)16(23)22-9-5-1-2-6-10-22/h3-4,7-8,11-12H,1-2,5-6,9-10H2,(H,19,20,21). The van der Waals surface area contributed by atoms with Gasteiger partial charge in [0.1, 0.15) is 0 Å². The lowest BCUT2D eigenvalue weighted by atomic mass is 10.2. The van der Waals surface area contributed by atoms with Crippen LogP contribution in [0.1, 0.15) is 36.0 Å². The maximum atomic E-state index is 12.5. The summed E-state index contributed by atoms with van der Waals surface area (Å²) in [6.45, 7) is 1.66. The molecule has 0 unspecified atom stereocenters. The van der Waals surface area contributed by atoms with Crippen molar-refractivity contribution in [2.75, 3.05) is 18.4 Å². The van der Waals surface area contributed by atoms with E-state index in [2.05, 4.69) is 31.2 Å². The number of nitrogens with one attached hydrogen (secondary N) is 1. The van der Waals surface area contributed by atoms with Crippen LogP contribution in [-0.2, 0) is 0 Å². The van der Waals surface area contributed by atoms with Crippen molar-refractivity contribution >= 4 is 33.5 Å². The lowest BCUT2D eigenvalue weighted by Gasteiger charge is -2.19. The van der Waals surface area contributed by atoms with Gasteiger partial charge >= 0.3 is 0 Å². The number of carbonyl (C=O) groups is 1. The second kappa shape index (κ2) is 7.55. The number of para-hydroxylation sites is 1. The zero-order chi connectivity index (χ0) is 16.1. The highest BCUT2D eigenvalue weighted by Gasteiger charge is 2.18. The molecule has 1 N–H and O–H groups in total. The van der Waals surface area contributed by atoms with Crippen molar-refractivity contribution in [1.29, 1.82) is 0 Å². The topological polar surface area (TPSA) is 58.1 Å². The third-order valence-corrected chi connectivity index (χ3v) is 4.60. The van der Waals surface area contributed by atoms with Gasteiger partial charge in [-0.2, -0.15) is 0 Å². The maximum absolute atomic E-state index is 12.5. The molecule has 1 aliphatic heterocycles. The van der Waals surface area contributed by atoms with Crippen LogP contribution in [0.4, 0.5) is 11.6 Å². The normalized spacial score (nSPS) is 15.1. The first-order valence-corrected chi connectivity index (χ1v) is 8.66. The molecule has 1 amide bonds. The Labute approximate surface area is 144 Å². The number of hydrogen-bond acceptors (Lipinski definition) is 4. The maximum Gasteiger partial charge on any atom is 0.256 e. The number of rotatable bonds is 3. The van der Waals surface area contributed by atoms with E-state index in [1.807, 2.05) is 29.2 Å². The van der Waals surface area contributed by atoms with Crippen LogP contribution in [0, 0.1) is 0 Å². The molecule has 0 atom stereocenters. The van der Waals surface area contributed by atoms with Gasteiger partial charge in [-0.1, -0.05) is 25.0 Å². The van der Waals surface area contributed by atoms with Crippen LogP contribution in [0.15, 0.2) is 41.1 Å². The smallest absolute Gasteiger partial charge is 0.256 e. The van der Waals surface area contributed by atoms with Crippen molar-refractivity contribution in [2.24, 2.45) is 0 Å². The number of halogens is 1. The Morgan fingerprint density at radius 1 is 1.04 bits per heavy atom. The molecular formula is C17H19BrN4O. The summed E-state index contributed by atoms with van der Waals surface area (Å²) >= 11 is 3.47. The van der Waals surface area contributed by atoms with Crippen LogP contribution >= 0.6 is 15.9 Å². The fraction of sp³-hybridized carbons (Fsp3) is 0.353. The van der Waals surface area contributed by atoms with Gasteiger partial charge < -0.3 is 10.2 Å². The van der Waals surface area contributed by atoms with Gasteiger partial charge in [0.05, 0.1) is 11.3 Å². The van der Waals surface area contributed by atoms with E-state index in [9.17, 15) is 4.79 Å². The Bertz CT molecular complexity index is 667. The molecule has 2 heterocycles. The van der Waals surface area contributed by atoms with E-state index < -0.39 is 0 Å². The van der Waals surface area contributed by atoms with E-state index in [0.29, 0.717) is 11.5 Å². The summed E-state index contributed by atoms with van der Waals surface area (Å²) < 4.78 is 0.938. The van der Waals surface area contributed by atoms with Crippen LogP contribution in [-0.4, -0.2) is 33.9 Å². The second-order valence-corrected chi connectivity index (χ2v) is 6.46. The zero-order valence-corrected chi connectivity index (χ0v) is 14.4. The molecule has 0 radical (unpaired) electrons. The zero-order valence-electron chi connectivity index (χ0n) is 12.8. The number of aromatic nitrogens is 2. The van der Waals surface area contributed by atoms with Crippen LogP contribution in [0.3, 0.4) is 0 Å². The van der Waals surface area contributed by atoms with Crippen LogP contribution in [0.25, 0.3) is 0 Å². The SMILES string of the molecule is O=C(c1cnc(Nc2ccccc2Br)nc1)N1CCCCCC1. The molecule has 0 aliphatic carbocycles. The van der Waals surface area contributed by atoms with Crippen LogP contribution < -0.4 is 5.32 Å². The van der Waals surface area contributed by atoms with E-state index in [1.54, 1.807) is 12.4 Å². The van der Waals surface area contributed by atoms with E-state index in [0.717, 1.165) is 36.1 Å². The molecule has 23 heavy (non-hydrogen) atoms. The molecule has 3 rings (SSSR count). The summed E-state index contributed by atoms with van der Waals surface area (Å²) in [5.41, 5.74) is 1.43. The highest BCUT2D eigenvalue weighted by atomic mass is 79.9. The molecule has 0 bridgehead atoms. The van der Waals surface area contributed by atoms with Gasteiger partial charge in [-0.25, -0.2) is 9.97 Å². The van der Waals surface area contributed by atoms with Crippen molar-refractivity contribution in [3.05, 3.63) is 46.7 Å². The Kier molecular flexibility index (Phi) is 5.23. The Balaban J connectivity index is 1.69. The molecule has 1 aliphatic rings.